The Kier molecular flexibility index (Phi) is 20.8. The van der Waals surface area contributed by atoms with E-state index in [0.717, 1.165) is 6.08 Å². The minimum atomic E-state index is 0. The Morgan fingerprint density at radius 2 is 1.75 bits per heavy atom. The maximum atomic E-state index is 8.35. The van der Waals surface area contributed by atoms with Crippen molar-refractivity contribution in [2.75, 3.05) is 0 Å². The second-order valence-electron chi connectivity index (χ2n) is 0.102. The van der Waals surface area contributed by atoms with Crippen LogP contribution in [0.25, 0.3) is 0 Å². The summed E-state index contributed by atoms with van der Waals surface area (Å²) in [6.45, 7) is 0. The van der Waals surface area contributed by atoms with Crippen LogP contribution in [0.2, 0.25) is 0 Å². The van der Waals surface area contributed by atoms with E-state index in [1.807, 2.05) is 0 Å². The average molecular weight is 85.1 g/mol. The molecular weight excluding hydrogens is 82.1 g/mol. The van der Waals surface area contributed by atoms with Crippen LogP contribution in [0.3, 0.4) is 0 Å². The first-order valence-electron chi connectivity index (χ1n) is 0.454. The van der Waals surface area contributed by atoms with Crippen molar-refractivity contribution in [1.82, 2.24) is 0 Å². The molecule has 0 saturated heterocycles. The summed E-state index contributed by atoms with van der Waals surface area (Å²) >= 11 is 0. The Morgan fingerprint density at radius 3 is 1.75 bits per heavy atom. The summed E-state index contributed by atoms with van der Waals surface area (Å²) in [6, 6.07) is 0. The number of hydrogen-bond acceptors (Lipinski definition) is 2. The molecule has 2 nitrogen and oxygen atoms in total. The van der Waals surface area contributed by atoms with Gasteiger partial charge in [0, 0.05) is 0 Å². The molecule has 0 aromatic heterocycles. The molecule has 0 saturated carbocycles. The van der Waals surface area contributed by atoms with Gasteiger partial charge in [-0.2, -0.15) is 0 Å². The molecule has 0 rings (SSSR count). The van der Waals surface area contributed by atoms with Crippen LogP contribution in [-0.4, -0.2) is 43.8 Å². The molecule has 0 amide bonds. The molecule has 0 heterocycles. The average Bonchev–Trinajstić information content (AvgIpc) is 0.918. The fraction of sp³-hybridized carbons (Fsp3) is 0. The zero-order valence-corrected chi connectivity index (χ0v) is 1.41. The third-order valence-corrected chi connectivity index (χ3v) is 0. The number of carbonyl (C=O) groups excluding carboxylic acids is 1. The van der Waals surface area contributed by atoms with Crippen molar-refractivity contribution in [1.29, 1.82) is 5.41 Å². The second-order valence-corrected chi connectivity index (χ2v) is 0.102. The van der Waals surface area contributed by atoms with Gasteiger partial charge in [-0.25, -0.2) is 10.2 Å². The van der Waals surface area contributed by atoms with E-state index in [2.05, 4.69) is 0 Å². The van der Waals surface area contributed by atoms with E-state index in [1.54, 1.807) is 0 Å². The van der Waals surface area contributed by atoms with E-state index in [1.165, 1.54) is 0 Å². The molecule has 0 radical (unpaired) electrons. The van der Waals surface area contributed by atoms with Gasteiger partial charge in [-0.15, -0.1) is 0 Å². The van der Waals surface area contributed by atoms with Crippen molar-refractivity contribution in [3.8, 4) is 0 Å². The first-order valence-corrected chi connectivity index (χ1v) is 0.454. The third kappa shape index (κ3) is 17.3. The Bertz CT molecular complexity index is 29.0. The predicted octanol–water partition coefficient (Wildman–Crippen LogP) is -1.02. The molecule has 0 aromatic carbocycles. The molecule has 0 bridgehead atoms. The van der Waals surface area contributed by atoms with Gasteiger partial charge in [-0.05, 0) is 0 Å². The molecule has 0 atom stereocenters. The van der Waals surface area contributed by atoms with Gasteiger partial charge < -0.3 is 0 Å². The zero-order chi connectivity index (χ0) is 2.71. The van der Waals surface area contributed by atoms with Crippen molar-refractivity contribution >= 4 is 43.8 Å². The van der Waals surface area contributed by atoms with Gasteiger partial charge in [0.25, 0.3) is 0 Å². The van der Waals surface area contributed by atoms with Crippen molar-refractivity contribution < 1.29 is 4.79 Å². The fourth-order valence-corrected chi connectivity index (χ4v) is 0. The summed E-state index contributed by atoms with van der Waals surface area (Å²) in [7, 11) is 0. The van der Waals surface area contributed by atoms with Gasteiger partial charge in [0.15, 0.2) is 0 Å². The Hall–Kier alpha value is 0.640. The maximum absolute atomic E-state index is 8.35. The standard InChI is InChI=1S/CHNO.Ca.2H/c2-1-3;;;/h2H;;;. The molecule has 1 N–H and O–H groups in total. The van der Waals surface area contributed by atoms with Gasteiger partial charge in [0.05, 0.1) is 0 Å². The Balaban J connectivity index is 0. The van der Waals surface area contributed by atoms with Gasteiger partial charge in [-0.3, -0.25) is 0 Å². The van der Waals surface area contributed by atoms with E-state index in [0.29, 0.717) is 0 Å². The fourth-order valence-electron chi connectivity index (χ4n) is 0. The predicted molar refractivity (Wildman–Crippen MR) is 17.0 cm³/mol. The molecule has 0 aromatic rings. The van der Waals surface area contributed by atoms with Crippen molar-refractivity contribution in [2.45, 2.75) is 0 Å². The molecule has 0 spiro atoms. The number of hydrogen-bond donors (Lipinski definition) is 1. The molecule has 3 heteroatoms. The monoisotopic (exact) mass is 85.0 g/mol. The molecular formula is CH3CaNO. The van der Waals surface area contributed by atoms with E-state index in [9.17, 15) is 0 Å². The van der Waals surface area contributed by atoms with Crippen LogP contribution in [0.1, 0.15) is 0 Å². The van der Waals surface area contributed by atoms with Crippen LogP contribution in [0.5, 0.6) is 0 Å². The molecule has 0 aliphatic rings. The minimum absolute atomic E-state index is 0. The molecule has 0 aliphatic carbocycles. The van der Waals surface area contributed by atoms with E-state index in [4.69, 9.17) is 10.2 Å². The van der Waals surface area contributed by atoms with Gasteiger partial charge >= 0.3 is 37.7 Å². The SMILES string of the molecule is N=C=O.[CaH2]. The van der Waals surface area contributed by atoms with E-state index in [-0.39, 0.29) is 37.7 Å². The van der Waals surface area contributed by atoms with Gasteiger partial charge in [-0.1, -0.05) is 0 Å². The molecule has 0 aliphatic heterocycles. The Labute approximate surface area is 53.7 Å². The number of isocyanates is 1. The van der Waals surface area contributed by atoms with Crippen LogP contribution in [0, 0.1) is 5.41 Å². The normalized spacial score (nSPS) is 2.00. The quantitative estimate of drug-likeness (QED) is 0.228. The summed E-state index contributed by atoms with van der Waals surface area (Å²) in [5.74, 6) is 0. The number of nitrogens with one attached hydrogen (secondary N) is 1. The molecule has 4 heavy (non-hydrogen) atoms. The number of rotatable bonds is 0. The van der Waals surface area contributed by atoms with Crippen LogP contribution in [0.15, 0.2) is 0 Å². The Morgan fingerprint density at radius 1 is 1.75 bits per heavy atom. The summed E-state index contributed by atoms with van der Waals surface area (Å²) in [4.78, 5) is 8.35. The topological polar surface area (TPSA) is 40.9 Å². The van der Waals surface area contributed by atoms with Crippen molar-refractivity contribution in [3.63, 3.8) is 0 Å². The summed E-state index contributed by atoms with van der Waals surface area (Å²) in [5.41, 5.74) is 0. The van der Waals surface area contributed by atoms with E-state index >= 15 is 0 Å². The summed E-state index contributed by atoms with van der Waals surface area (Å²) in [6.07, 6.45) is 0.750. The zero-order valence-electron chi connectivity index (χ0n) is 1.41. The summed E-state index contributed by atoms with van der Waals surface area (Å²) < 4.78 is 0. The molecule has 0 fully saturated rings. The first-order chi connectivity index (χ1) is 1.41. The van der Waals surface area contributed by atoms with Gasteiger partial charge in [0.2, 0.25) is 6.08 Å². The van der Waals surface area contributed by atoms with Crippen LogP contribution in [0.4, 0.5) is 0 Å². The first kappa shape index (κ1) is 8.82. The van der Waals surface area contributed by atoms with Crippen LogP contribution >= 0.6 is 0 Å². The van der Waals surface area contributed by atoms with Gasteiger partial charge in [0.1, 0.15) is 0 Å². The van der Waals surface area contributed by atoms with Crippen LogP contribution < -0.4 is 0 Å². The van der Waals surface area contributed by atoms with Crippen molar-refractivity contribution in [2.24, 2.45) is 0 Å². The second kappa shape index (κ2) is 9.43. The molecule has 0 unspecified atom stereocenters. The third-order valence-electron chi connectivity index (χ3n) is 0. The summed E-state index contributed by atoms with van der Waals surface area (Å²) in [5, 5.41) is 5.40. The van der Waals surface area contributed by atoms with Crippen molar-refractivity contribution in [3.05, 3.63) is 0 Å². The van der Waals surface area contributed by atoms with Crippen LogP contribution in [-0.2, 0) is 4.79 Å². The van der Waals surface area contributed by atoms with E-state index < -0.39 is 0 Å². The molecule has 20 valence electrons.